The van der Waals surface area contributed by atoms with Gasteiger partial charge in [-0.2, -0.15) is 0 Å². The molecule has 0 saturated carbocycles. The summed E-state index contributed by atoms with van der Waals surface area (Å²) in [6.45, 7) is -0.441. The Hall–Kier alpha value is -3.68. The standard InChI is InChI=1S/C25H19Cl2NO6/c1-31-17-7-3-14(4-8-17)24-25(23(30)18-11-15(26)5-9-20(18)34-24)33-13-22(29)28-16-6-10-21(32-2)19(27)12-16/h3-12H,13H2,1-2H3,(H,28,29). The zero-order chi connectivity index (χ0) is 24.2. The van der Waals surface area contributed by atoms with Crippen LogP contribution in [-0.2, 0) is 4.79 Å². The van der Waals surface area contributed by atoms with Crippen LogP contribution in [0.1, 0.15) is 0 Å². The molecule has 0 saturated heterocycles. The summed E-state index contributed by atoms with van der Waals surface area (Å²) in [7, 11) is 3.05. The first-order valence-electron chi connectivity index (χ1n) is 10.1. The van der Waals surface area contributed by atoms with E-state index >= 15 is 0 Å². The molecule has 34 heavy (non-hydrogen) atoms. The van der Waals surface area contributed by atoms with Gasteiger partial charge in [-0.3, -0.25) is 9.59 Å². The second-order valence-corrected chi connectivity index (χ2v) is 7.99. The van der Waals surface area contributed by atoms with Gasteiger partial charge in [0, 0.05) is 16.3 Å². The topological polar surface area (TPSA) is 87.0 Å². The number of nitrogens with one attached hydrogen (secondary N) is 1. The summed E-state index contributed by atoms with van der Waals surface area (Å²) in [5, 5.41) is 3.62. The number of carbonyl (C=O) groups excluding carboxylic acids is 1. The second-order valence-electron chi connectivity index (χ2n) is 7.14. The lowest BCUT2D eigenvalue weighted by Crippen LogP contribution is -2.22. The van der Waals surface area contributed by atoms with Gasteiger partial charge >= 0.3 is 0 Å². The Bertz CT molecular complexity index is 1420. The van der Waals surface area contributed by atoms with Crippen molar-refractivity contribution in [1.29, 1.82) is 0 Å². The number of halogens is 2. The highest BCUT2D eigenvalue weighted by Gasteiger charge is 2.19. The molecule has 0 aliphatic rings. The van der Waals surface area contributed by atoms with Crippen molar-refractivity contribution in [2.24, 2.45) is 0 Å². The Labute approximate surface area is 204 Å². The number of ether oxygens (including phenoxy) is 3. The van der Waals surface area contributed by atoms with Crippen molar-refractivity contribution < 1.29 is 23.4 Å². The molecule has 0 bridgehead atoms. The zero-order valence-electron chi connectivity index (χ0n) is 18.2. The van der Waals surface area contributed by atoms with Crippen LogP contribution < -0.4 is 25.0 Å². The molecule has 0 fully saturated rings. The average Bonchev–Trinajstić information content (AvgIpc) is 2.84. The van der Waals surface area contributed by atoms with E-state index in [4.69, 9.17) is 41.8 Å². The molecule has 1 amide bonds. The molecule has 0 radical (unpaired) electrons. The van der Waals surface area contributed by atoms with Crippen molar-refractivity contribution in [2.45, 2.75) is 0 Å². The maximum Gasteiger partial charge on any atom is 0.262 e. The third-order valence-corrected chi connectivity index (χ3v) is 5.48. The molecule has 1 N–H and O–H groups in total. The Kier molecular flexibility index (Phi) is 6.95. The largest absolute Gasteiger partial charge is 0.497 e. The first-order chi connectivity index (χ1) is 16.4. The summed E-state index contributed by atoms with van der Waals surface area (Å²) < 4.78 is 22.0. The van der Waals surface area contributed by atoms with Gasteiger partial charge in [-0.05, 0) is 60.7 Å². The molecule has 0 aliphatic heterocycles. The van der Waals surface area contributed by atoms with E-state index in [0.29, 0.717) is 38.4 Å². The first-order valence-corrected chi connectivity index (χ1v) is 10.8. The van der Waals surface area contributed by atoms with Gasteiger partial charge in [0.25, 0.3) is 5.91 Å². The SMILES string of the molecule is COc1ccc(-c2oc3ccc(Cl)cc3c(=O)c2OCC(=O)Nc2ccc(OC)c(Cl)c2)cc1. The van der Waals surface area contributed by atoms with Crippen LogP contribution in [0.15, 0.2) is 69.9 Å². The number of methoxy groups -OCH3 is 2. The normalized spacial score (nSPS) is 10.7. The van der Waals surface area contributed by atoms with Gasteiger partial charge in [-0.1, -0.05) is 23.2 Å². The predicted molar refractivity (Wildman–Crippen MR) is 132 cm³/mol. The predicted octanol–water partition coefficient (Wildman–Crippen LogP) is 5.80. The molecular formula is C25H19Cl2NO6. The minimum atomic E-state index is -0.493. The van der Waals surface area contributed by atoms with E-state index in [0.717, 1.165) is 0 Å². The zero-order valence-corrected chi connectivity index (χ0v) is 19.7. The van der Waals surface area contributed by atoms with Crippen LogP contribution in [0.4, 0.5) is 5.69 Å². The summed E-state index contributed by atoms with van der Waals surface area (Å²) in [4.78, 5) is 25.8. The smallest absolute Gasteiger partial charge is 0.262 e. The van der Waals surface area contributed by atoms with Crippen molar-refractivity contribution in [3.63, 3.8) is 0 Å². The maximum absolute atomic E-state index is 13.3. The monoisotopic (exact) mass is 499 g/mol. The molecule has 0 atom stereocenters. The first kappa shape index (κ1) is 23.5. The highest BCUT2D eigenvalue weighted by molar-refractivity contribution is 6.32. The van der Waals surface area contributed by atoms with Crippen molar-refractivity contribution in [2.75, 3.05) is 26.1 Å². The van der Waals surface area contributed by atoms with Gasteiger partial charge in [0.2, 0.25) is 11.2 Å². The molecule has 4 aromatic rings. The molecule has 174 valence electrons. The van der Waals surface area contributed by atoms with E-state index in [1.54, 1.807) is 61.7 Å². The fraction of sp³-hybridized carbons (Fsp3) is 0.120. The summed E-state index contributed by atoms with van der Waals surface area (Å²) >= 11 is 12.2. The maximum atomic E-state index is 13.3. The summed E-state index contributed by atoms with van der Waals surface area (Å²) in [5.74, 6) is 0.698. The summed E-state index contributed by atoms with van der Waals surface area (Å²) in [6, 6.07) is 16.4. The average molecular weight is 500 g/mol. The number of rotatable bonds is 7. The van der Waals surface area contributed by atoms with Crippen LogP contribution >= 0.6 is 23.2 Å². The molecular weight excluding hydrogens is 481 g/mol. The van der Waals surface area contributed by atoms with Crippen LogP contribution in [0.5, 0.6) is 17.2 Å². The van der Waals surface area contributed by atoms with Crippen molar-refractivity contribution in [1.82, 2.24) is 0 Å². The van der Waals surface area contributed by atoms with E-state index in [1.807, 2.05) is 0 Å². The van der Waals surface area contributed by atoms with Crippen molar-refractivity contribution in [3.8, 4) is 28.6 Å². The minimum Gasteiger partial charge on any atom is -0.497 e. The van der Waals surface area contributed by atoms with Crippen molar-refractivity contribution >= 4 is 45.8 Å². The van der Waals surface area contributed by atoms with Gasteiger partial charge < -0.3 is 23.9 Å². The summed E-state index contributed by atoms with van der Waals surface area (Å²) in [6.07, 6.45) is 0. The molecule has 0 unspecified atom stereocenters. The lowest BCUT2D eigenvalue weighted by molar-refractivity contribution is -0.118. The second kappa shape index (κ2) is 10.1. The number of benzene rings is 3. The number of hydrogen-bond acceptors (Lipinski definition) is 6. The van der Waals surface area contributed by atoms with Gasteiger partial charge in [-0.15, -0.1) is 0 Å². The van der Waals surface area contributed by atoms with E-state index in [9.17, 15) is 9.59 Å². The minimum absolute atomic E-state index is 0.108. The molecule has 7 nitrogen and oxygen atoms in total. The Morgan fingerprint density at radius 3 is 2.41 bits per heavy atom. The van der Waals surface area contributed by atoms with E-state index < -0.39 is 17.9 Å². The fourth-order valence-electron chi connectivity index (χ4n) is 3.29. The number of amides is 1. The lowest BCUT2D eigenvalue weighted by atomic mass is 10.1. The van der Waals surface area contributed by atoms with Gasteiger partial charge in [0.05, 0.1) is 24.6 Å². The number of anilines is 1. The Morgan fingerprint density at radius 2 is 1.74 bits per heavy atom. The van der Waals surface area contributed by atoms with Crippen LogP contribution in [0, 0.1) is 0 Å². The van der Waals surface area contributed by atoms with Crippen LogP contribution in [-0.4, -0.2) is 26.7 Å². The molecule has 4 rings (SSSR count). The van der Waals surface area contributed by atoms with Gasteiger partial charge in [0.15, 0.2) is 12.4 Å². The third-order valence-electron chi connectivity index (χ3n) is 4.95. The number of carbonyl (C=O) groups is 1. The van der Waals surface area contributed by atoms with Crippen LogP contribution in [0.2, 0.25) is 10.0 Å². The van der Waals surface area contributed by atoms with Gasteiger partial charge in [-0.25, -0.2) is 0 Å². The molecule has 1 heterocycles. The molecule has 3 aromatic carbocycles. The quantitative estimate of drug-likeness (QED) is 0.345. The Morgan fingerprint density at radius 1 is 0.971 bits per heavy atom. The van der Waals surface area contributed by atoms with E-state index in [1.165, 1.54) is 13.2 Å². The summed E-state index contributed by atoms with van der Waals surface area (Å²) in [5.41, 5.74) is 0.916. The van der Waals surface area contributed by atoms with E-state index in [-0.39, 0.29) is 16.9 Å². The molecule has 1 aromatic heterocycles. The van der Waals surface area contributed by atoms with Crippen molar-refractivity contribution in [3.05, 3.63) is 80.9 Å². The highest BCUT2D eigenvalue weighted by atomic mass is 35.5. The third kappa shape index (κ3) is 4.95. The van der Waals surface area contributed by atoms with E-state index in [2.05, 4.69) is 5.32 Å². The molecule has 0 spiro atoms. The Balaban J connectivity index is 1.65. The molecule has 0 aliphatic carbocycles. The van der Waals surface area contributed by atoms with Gasteiger partial charge in [0.1, 0.15) is 17.1 Å². The lowest BCUT2D eigenvalue weighted by Gasteiger charge is -2.13. The number of hydrogen-bond donors (Lipinski definition) is 1. The number of fused-ring (bicyclic) bond motifs is 1. The molecule has 9 heteroatoms. The fourth-order valence-corrected chi connectivity index (χ4v) is 3.72. The van der Waals surface area contributed by atoms with Crippen LogP contribution in [0.25, 0.3) is 22.3 Å². The highest BCUT2D eigenvalue weighted by Crippen LogP contribution is 2.33. The van der Waals surface area contributed by atoms with Crippen LogP contribution in [0.3, 0.4) is 0 Å².